The number of hydrogen-bond acceptors (Lipinski definition) is 5. The second-order valence-corrected chi connectivity index (χ2v) is 4.23. The predicted octanol–water partition coefficient (Wildman–Crippen LogP) is 0.331. The number of methoxy groups -OCH3 is 2. The summed E-state index contributed by atoms with van der Waals surface area (Å²) in [6, 6.07) is 3.72. The van der Waals surface area contributed by atoms with Gasteiger partial charge in [-0.25, -0.2) is 4.98 Å². The van der Waals surface area contributed by atoms with Crippen molar-refractivity contribution in [2.24, 2.45) is 0 Å². The Labute approximate surface area is 113 Å². The summed E-state index contributed by atoms with van der Waals surface area (Å²) >= 11 is 0. The van der Waals surface area contributed by atoms with Crippen LogP contribution in [0.15, 0.2) is 18.3 Å². The van der Waals surface area contributed by atoms with Gasteiger partial charge in [-0.2, -0.15) is 0 Å². The lowest BCUT2D eigenvalue weighted by Crippen LogP contribution is -2.40. The molecule has 1 aromatic rings. The molecular formula is C13H21N3O3. The van der Waals surface area contributed by atoms with E-state index in [0.717, 1.165) is 5.56 Å². The van der Waals surface area contributed by atoms with Crippen LogP contribution in [0.1, 0.15) is 12.5 Å². The highest BCUT2D eigenvalue weighted by molar-refractivity contribution is 5.78. The van der Waals surface area contributed by atoms with Crippen molar-refractivity contribution < 1.29 is 14.3 Å². The first-order valence-electron chi connectivity index (χ1n) is 6.13. The molecule has 1 atom stereocenters. The molecule has 106 valence electrons. The van der Waals surface area contributed by atoms with Crippen LogP contribution in [-0.2, 0) is 16.1 Å². The van der Waals surface area contributed by atoms with Crippen molar-refractivity contribution in [2.75, 3.05) is 27.4 Å². The highest BCUT2D eigenvalue weighted by Crippen LogP contribution is 2.07. The molecule has 0 saturated carbocycles. The van der Waals surface area contributed by atoms with Crippen LogP contribution in [0.4, 0.5) is 0 Å². The fourth-order valence-corrected chi connectivity index (χ4v) is 1.61. The molecule has 0 aliphatic rings. The average Bonchev–Trinajstić information content (AvgIpc) is 2.39. The maximum absolute atomic E-state index is 11.6. The van der Waals surface area contributed by atoms with Crippen molar-refractivity contribution in [3.05, 3.63) is 23.9 Å². The van der Waals surface area contributed by atoms with Crippen LogP contribution in [0.3, 0.4) is 0 Å². The van der Waals surface area contributed by atoms with E-state index in [0.29, 0.717) is 19.0 Å². The molecule has 0 spiro atoms. The van der Waals surface area contributed by atoms with Crippen LogP contribution < -0.4 is 15.4 Å². The Morgan fingerprint density at radius 2 is 2.26 bits per heavy atom. The van der Waals surface area contributed by atoms with Gasteiger partial charge in [0.05, 0.1) is 20.3 Å². The summed E-state index contributed by atoms with van der Waals surface area (Å²) in [5.74, 6) is 0.517. The van der Waals surface area contributed by atoms with E-state index in [1.54, 1.807) is 20.4 Å². The van der Waals surface area contributed by atoms with Gasteiger partial charge in [-0.3, -0.25) is 4.79 Å². The number of rotatable bonds is 8. The highest BCUT2D eigenvalue weighted by Gasteiger charge is 2.06. The number of amides is 1. The summed E-state index contributed by atoms with van der Waals surface area (Å²) in [5, 5.41) is 5.89. The van der Waals surface area contributed by atoms with Crippen LogP contribution in [0.5, 0.6) is 5.88 Å². The molecule has 0 aliphatic heterocycles. The van der Waals surface area contributed by atoms with E-state index in [-0.39, 0.29) is 18.5 Å². The molecule has 1 amide bonds. The van der Waals surface area contributed by atoms with Crippen LogP contribution in [0.25, 0.3) is 0 Å². The van der Waals surface area contributed by atoms with Crippen LogP contribution in [0, 0.1) is 0 Å². The first kappa shape index (κ1) is 15.4. The van der Waals surface area contributed by atoms with Crippen LogP contribution in [0.2, 0.25) is 0 Å². The molecule has 19 heavy (non-hydrogen) atoms. The van der Waals surface area contributed by atoms with Crippen molar-refractivity contribution in [1.29, 1.82) is 0 Å². The summed E-state index contributed by atoms with van der Waals surface area (Å²) in [5.41, 5.74) is 1.02. The lowest BCUT2D eigenvalue weighted by atomic mass is 10.2. The Hall–Kier alpha value is -1.66. The topological polar surface area (TPSA) is 72.5 Å². The fraction of sp³-hybridized carbons (Fsp3) is 0.538. The average molecular weight is 267 g/mol. The van der Waals surface area contributed by atoms with Gasteiger partial charge >= 0.3 is 0 Å². The lowest BCUT2D eigenvalue weighted by molar-refractivity contribution is -0.121. The van der Waals surface area contributed by atoms with E-state index in [1.165, 1.54) is 0 Å². The highest BCUT2D eigenvalue weighted by atomic mass is 16.5. The molecule has 1 heterocycles. The largest absolute Gasteiger partial charge is 0.481 e. The first-order valence-corrected chi connectivity index (χ1v) is 6.13. The Morgan fingerprint density at radius 3 is 2.95 bits per heavy atom. The number of aromatic nitrogens is 1. The normalized spacial score (nSPS) is 11.9. The molecule has 6 heteroatoms. The number of nitrogens with one attached hydrogen (secondary N) is 2. The second-order valence-electron chi connectivity index (χ2n) is 4.23. The summed E-state index contributed by atoms with van der Waals surface area (Å²) in [7, 11) is 3.18. The van der Waals surface area contributed by atoms with Crippen molar-refractivity contribution >= 4 is 5.91 Å². The van der Waals surface area contributed by atoms with Crippen LogP contribution >= 0.6 is 0 Å². The molecule has 0 bridgehead atoms. The number of nitrogens with zero attached hydrogens (tertiary/aromatic N) is 1. The minimum atomic E-state index is -0.0504. The maximum atomic E-state index is 11.6. The van der Waals surface area contributed by atoms with Crippen molar-refractivity contribution in [3.8, 4) is 5.88 Å². The maximum Gasteiger partial charge on any atom is 0.234 e. The molecule has 0 fully saturated rings. The third-order valence-electron chi connectivity index (χ3n) is 2.45. The molecule has 1 unspecified atom stereocenters. The molecule has 1 aromatic heterocycles. The van der Waals surface area contributed by atoms with Crippen molar-refractivity contribution in [3.63, 3.8) is 0 Å². The van der Waals surface area contributed by atoms with Gasteiger partial charge in [0.15, 0.2) is 0 Å². The van der Waals surface area contributed by atoms with Gasteiger partial charge in [0.25, 0.3) is 0 Å². The SMILES string of the molecule is COCC(C)NC(=O)CNCc1ccnc(OC)c1. The Morgan fingerprint density at radius 1 is 1.47 bits per heavy atom. The van der Waals surface area contributed by atoms with Gasteiger partial charge in [0, 0.05) is 32.0 Å². The zero-order valence-electron chi connectivity index (χ0n) is 11.6. The number of carbonyl (C=O) groups is 1. The van der Waals surface area contributed by atoms with Crippen LogP contribution in [-0.4, -0.2) is 44.3 Å². The lowest BCUT2D eigenvalue weighted by Gasteiger charge is -2.13. The Kier molecular flexibility index (Phi) is 6.84. The smallest absolute Gasteiger partial charge is 0.234 e. The molecule has 2 N–H and O–H groups in total. The van der Waals surface area contributed by atoms with Gasteiger partial charge in [-0.05, 0) is 18.6 Å². The molecular weight excluding hydrogens is 246 g/mol. The summed E-state index contributed by atoms with van der Waals surface area (Å²) < 4.78 is 9.98. The standard InChI is InChI=1S/C13H21N3O3/c1-10(9-18-2)16-12(17)8-14-7-11-4-5-15-13(6-11)19-3/h4-6,10,14H,7-9H2,1-3H3,(H,16,17). The third kappa shape index (κ3) is 6.17. The van der Waals surface area contributed by atoms with E-state index in [2.05, 4.69) is 15.6 Å². The Balaban J connectivity index is 2.27. The summed E-state index contributed by atoms with van der Waals surface area (Å²) in [6.07, 6.45) is 1.68. The zero-order valence-corrected chi connectivity index (χ0v) is 11.6. The first-order chi connectivity index (χ1) is 9.15. The van der Waals surface area contributed by atoms with E-state index < -0.39 is 0 Å². The number of ether oxygens (including phenoxy) is 2. The molecule has 6 nitrogen and oxygen atoms in total. The van der Waals surface area contributed by atoms with E-state index >= 15 is 0 Å². The molecule has 0 radical (unpaired) electrons. The van der Waals surface area contributed by atoms with E-state index in [1.807, 2.05) is 19.1 Å². The molecule has 0 aliphatic carbocycles. The van der Waals surface area contributed by atoms with Gasteiger partial charge < -0.3 is 20.1 Å². The summed E-state index contributed by atoms with van der Waals surface area (Å²) in [6.45, 7) is 3.26. The van der Waals surface area contributed by atoms with Crippen molar-refractivity contribution in [2.45, 2.75) is 19.5 Å². The van der Waals surface area contributed by atoms with Gasteiger partial charge in [-0.15, -0.1) is 0 Å². The third-order valence-corrected chi connectivity index (χ3v) is 2.45. The molecule has 0 aromatic carbocycles. The van der Waals surface area contributed by atoms with E-state index in [4.69, 9.17) is 9.47 Å². The second kappa shape index (κ2) is 8.44. The number of hydrogen-bond donors (Lipinski definition) is 2. The number of carbonyl (C=O) groups excluding carboxylic acids is 1. The monoisotopic (exact) mass is 267 g/mol. The molecule has 0 saturated heterocycles. The Bertz CT molecular complexity index is 398. The summed E-state index contributed by atoms with van der Waals surface area (Å²) in [4.78, 5) is 15.6. The fourth-order valence-electron chi connectivity index (χ4n) is 1.61. The van der Waals surface area contributed by atoms with E-state index in [9.17, 15) is 4.79 Å². The predicted molar refractivity (Wildman–Crippen MR) is 72.0 cm³/mol. The number of pyridine rings is 1. The molecule has 1 rings (SSSR count). The quantitative estimate of drug-likeness (QED) is 0.710. The van der Waals surface area contributed by atoms with Gasteiger partial charge in [-0.1, -0.05) is 0 Å². The zero-order chi connectivity index (χ0) is 14.1. The van der Waals surface area contributed by atoms with Gasteiger partial charge in [0.1, 0.15) is 0 Å². The van der Waals surface area contributed by atoms with Gasteiger partial charge in [0.2, 0.25) is 11.8 Å². The van der Waals surface area contributed by atoms with Crippen molar-refractivity contribution in [1.82, 2.24) is 15.6 Å². The minimum absolute atomic E-state index is 0.0142. The minimum Gasteiger partial charge on any atom is -0.481 e.